The van der Waals surface area contributed by atoms with Crippen LogP contribution in [0.1, 0.15) is 64.3 Å². The zero-order valence-corrected chi connectivity index (χ0v) is 12.6. The van der Waals surface area contributed by atoms with E-state index in [2.05, 4.69) is 4.72 Å². The molecule has 0 aliphatic heterocycles. The molecule has 0 saturated heterocycles. The molecule has 0 aromatic carbocycles. The Balaban J connectivity index is 1.87. The molecule has 6 nitrogen and oxygen atoms in total. The van der Waals surface area contributed by atoms with Crippen molar-refractivity contribution in [3.63, 3.8) is 0 Å². The first kappa shape index (κ1) is 14.3. The van der Waals surface area contributed by atoms with Gasteiger partial charge in [-0.25, -0.2) is 13.1 Å². The lowest BCUT2D eigenvalue weighted by molar-refractivity contribution is 0.0943. The van der Waals surface area contributed by atoms with Crippen LogP contribution in [0.4, 0.5) is 0 Å². The van der Waals surface area contributed by atoms with Gasteiger partial charge in [-0.05, 0) is 26.2 Å². The monoisotopic (exact) mass is 311 g/mol. The normalized spacial score (nSPS) is 19.0. The molecule has 21 heavy (non-hydrogen) atoms. The van der Waals surface area contributed by atoms with Crippen LogP contribution in [0.2, 0.25) is 0 Å². The lowest BCUT2D eigenvalue weighted by Crippen LogP contribution is -2.41. The zero-order valence-electron chi connectivity index (χ0n) is 11.8. The number of fused-ring (bicyclic) bond motifs is 1. The van der Waals surface area contributed by atoms with Crippen LogP contribution in [0.3, 0.4) is 0 Å². The summed E-state index contributed by atoms with van der Waals surface area (Å²) in [7, 11) is -3.65. The van der Waals surface area contributed by atoms with Crippen LogP contribution < -0.4 is 4.72 Å². The first-order valence-corrected chi connectivity index (χ1v) is 8.66. The van der Waals surface area contributed by atoms with Crippen molar-refractivity contribution in [1.82, 2.24) is 4.72 Å². The number of hydrogen-bond donors (Lipinski definition) is 1. The van der Waals surface area contributed by atoms with E-state index in [1.165, 1.54) is 0 Å². The SMILES string of the molecule is Cc1c(C(=O)NS(=O)(=O)C2CCC2)oc2c1C(=O)CCC2. The Morgan fingerprint density at radius 3 is 2.52 bits per heavy atom. The van der Waals surface area contributed by atoms with Gasteiger partial charge >= 0.3 is 5.91 Å². The highest BCUT2D eigenvalue weighted by molar-refractivity contribution is 7.90. The van der Waals surface area contributed by atoms with Gasteiger partial charge in [0.1, 0.15) is 5.76 Å². The van der Waals surface area contributed by atoms with Crippen LogP contribution in [0.15, 0.2) is 4.42 Å². The van der Waals surface area contributed by atoms with Gasteiger partial charge < -0.3 is 4.42 Å². The summed E-state index contributed by atoms with van der Waals surface area (Å²) in [6.07, 6.45) is 3.76. The highest BCUT2D eigenvalue weighted by Gasteiger charge is 2.35. The lowest BCUT2D eigenvalue weighted by atomic mass is 9.94. The number of furan rings is 1. The molecule has 1 heterocycles. The number of rotatable bonds is 3. The van der Waals surface area contributed by atoms with Crippen molar-refractivity contribution in [2.75, 3.05) is 0 Å². The Morgan fingerprint density at radius 2 is 1.95 bits per heavy atom. The third kappa shape index (κ3) is 2.39. The maximum Gasteiger partial charge on any atom is 0.300 e. The maximum absolute atomic E-state index is 12.2. The molecule has 0 spiro atoms. The molecule has 2 aliphatic rings. The van der Waals surface area contributed by atoms with Crippen molar-refractivity contribution in [2.24, 2.45) is 0 Å². The predicted molar refractivity (Wildman–Crippen MR) is 74.7 cm³/mol. The molecule has 1 N–H and O–H groups in total. The second-order valence-electron chi connectivity index (χ2n) is 5.66. The second kappa shape index (κ2) is 4.98. The van der Waals surface area contributed by atoms with Gasteiger partial charge in [0.25, 0.3) is 0 Å². The molecule has 0 radical (unpaired) electrons. The first-order chi connectivity index (χ1) is 9.90. The first-order valence-electron chi connectivity index (χ1n) is 7.11. The van der Waals surface area contributed by atoms with Gasteiger partial charge in [-0.15, -0.1) is 0 Å². The number of carbonyl (C=O) groups excluding carboxylic acids is 2. The van der Waals surface area contributed by atoms with E-state index in [9.17, 15) is 18.0 Å². The Labute approximate surface area is 122 Å². The topological polar surface area (TPSA) is 93.4 Å². The average molecular weight is 311 g/mol. The van der Waals surface area contributed by atoms with Crippen LogP contribution in [-0.4, -0.2) is 25.4 Å². The van der Waals surface area contributed by atoms with Gasteiger partial charge in [-0.3, -0.25) is 9.59 Å². The van der Waals surface area contributed by atoms with Crippen LogP contribution in [0.25, 0.3) is 0 Å². The Bertz CT molecular complexity index is 712. The largest absolute Gasteiger partial charge is 0.455 e. The van der Waals surface area contributed by atoms with Crippen molar-refractivity contribution in [1.29, 1.82) is 0 Å². The molecule has 1 aromatic rings. The fourth-order valence-corrected chi connectivity index (χ4v) is 4.28. The Hall–Kier alpha value is -1.63. The van der Waals surface area contributed by atoms with Crippen molar-refractivity contribution in [2.45, 2.75) is 50.7 Å². The van der Waals surface area contributed by atoms with E-state index in [0.29, 0.717) is 49.0 Å². The molecule has 1 saturated carbocycles. The van der Waals surface area contributed by atoms with E-state index in [-0.39, 0.29) is 11.5 Å². The Kier molecular flexibility index (Phi) is 3.39. The number of hydrogen-bond acceptors (Lipinski definition) is 5. The number of aryl methyl sites for hydroxylation is 1. The summed E-state index contributed by atoms with van der Waals surface area (Å²) in [6, 6.07) is 0. The summed E-state index contributed by atoms with van der Waals surface area (Å²) in [5.74, 6) is -0.381. The fourth-order valence-electron chi connectivity index (χ4n) is 2.81. The Morgan fingerprint density at radius 1 is 1.24 bits per heavy atom. The van der Waals surface area contributed by atoms with Gasteiger partial charge in [0.15, 0.2) is 11.5 Å². The lowest BCUT2D eigenvalue weighted by Gasteiger charge is -2.24. The maximum atomic E-state index is 12.2. The van der Waals surface area contributed by atoms with E-state index in [1.807, 2.05) is 0 Å². The molecular formula is C14H17NO5S. The summed E-state index contributed by atoms with van der Waals surface area (Å²) in [5.41, 5.74) is 0.892. The van der Waals surface area contributed by atoms with Crippen LogP contribution in [0, 0.1) is 6.92 Å². The molecule has 0 atom stereocenters. The third-order valence-electron chi connectivity index (χ3n) is 4.24. The standard InChI is InChI=1S/C14H17NO5S/c1-8-12-10(16)6-3-7-11(12)20-13(8)14(17)15-21(18,19)9-4-2-5-9/h9H,2-7H2,1H3,(H,15,17). The van der Waals surface area contributed by atoms with Gasteiger partial charge in [0.2, 0.25) is 10.0 Å². The van der Waals surface area contributed by atoms with Crippen LogP contribution in [0.5, 0.6) is 0 Å². The molecule has 0 unspecified atom stereocenters. The molecule has 3 rings (SSSR count). The van der Waals surface area contributed by atoms with Crippen molar-refractivity contribution in [3.05, 3.63) is 22.6 Å². The van der Waals surface area contributed by atoms with Gasteiger partial charge in [-0.2, -0.15) is 0 Å². The molecule has 1 aromatic heterocycles. The molecule has 2 aliphatic carbocycles. The van der Waals surface area contributed by atoms with Gasteiger partial charge in [0, 0.05) is 18.4 Å². The summed E-state index contributed by atoms with van der Waals surface area (Å²) >= 11 is 0. The quantitative estimate of drug-likeness (QED) is 0.917. The number of ketones is 1. The summed E-state index contributed by atoms with van der Waals surface area (Å²) in [5, 5.41) is -0.493. The zero-order chi connectivity index (χ0) is 15.2. The number of carbonyl (C=O) groups is 2. The minimum atomic E-state index is -3.65. The highest BCUT2D eigenvalue weighted by atomic mass is 32.2. The highest BCUT2D eigenvalue weighted by Crippen LogP contribution is 2.30. The predicted octanol–water partition coefficient (Wildman–Crippen LogP) is 1.72. The average Bonchev–Trinajstić information content (AvgIpc) is 2.64. The molecule has 114 valence electrons. The number of sulfonamides is 1. The molecular weight excluding hydrogens is 294 g/mol. The van der Waals surface area contributed by atoms with Crippen molar-refractivity contribution < 1.29 is 22.4 Å². The molecule has 1 fully saturated rings. The van der Waals surface area contributed by atoms with Crippen molar-refractivity contribution >= 4 is 21.7 Å². The minimum Gasteiger partial charge on any atom is -0.455 e. The van der Waals surface area contributed by atoms with Crippen molar-refractivity contribution in [3.8, 4) is 0 Å². The van der Waals surface area contributed by atoms with Gasteiger partial charge in [0.05, 0.1) is 10.8 Å². The number of nitrogens with one attached hydrogen (secondary N) is 1. The third-order valence-corrected chi connectivity index (χ3v) is 6.06. The molecule has 0 bridgehead atoms. The summed E-state index contributed by atoms with van der Waals surface area (Å²) in [6.45, 7) is 1.62. The smallest absolute Gasteiger partial charge is 0.300 e. The number of amides is 1. The van der Waals surface area contributed by atoms with E-state index < -0.39 is 21.2 Å². The van der Waals surface area contributed by atoms with Crippen LogP contribution >= 0.6 is 0 Å². The summed E-state index contributed by atoms with van der Waals surface area (Å²) < 4.78 is 31.5. The van der Waals surface area contributed by atoms with E-state index in [0.717, 1.165) is 6.42 Å². The summed E-state index contributed by atoms with van der Waals surface area (Å²) in [4.78, 5) is 24.0. The number of Topliss-reactive ketones (excluding diaryl/α,β-unsaturated/α-hetero) is 1. The van der Waals surface area contributed by atoms with Crippen LogP contribution in [-0.2, 0) is 16.4 Å². The van der Waals surface area contributed by atoms with Gasteiger partial charge in [-0.1, -0.05) is 6.42 Å². The molecule has 1 amide bonds. The van der Waals surface area contributed by atoms with E-state index in [1.54, 1.807) is 6.92 Å². The molecule has 7 heteroatoms. The van der Waals surface area contributed by atoms with E-state index >= 15 is 0 Å². The second-order valence-corrected chi connectivity index (χ2v) is 7.62. The minimum absolute atomic E-state index is 0.0431. The van der Waals surface area contributed by atoms with E-state index in [4.69, 9.17) is 4.42 Å². The fraction of sp³-hybridized carbons (Fsp3) is 0.571.